The Morgan fingerprint density at radius 2 is 1.90 bits per heavy atom. The van der Waals surface area contributed by atoms with Crippen molar-refractivity contribution in [1.29, 1.82) is 0 Å². The Balaban J connectivity index is 1.12. The van der Waals surface area contributed by atoms with Gasteiger partial charge in [-0.2, -0.15) is 0 Å². The molecule has 8 nitrogen and oxygen atoms in total. The maximum Gasteiger partial charge on any atom is 0.246 e. The number of hydrogen-bond donors (Lipinski definition) is 4. The number of ether oxygens (including phenoxy) is 2. The lowest BCUT2D eigenvalue weighted by Crippen LogP contribution is -2.78. The zero-order valence-corrected chi connectivity index (χ0v) is 18.1. The molecule has 5 fully saturated rings. The van der Waals surface area contributed by atoms with Gasteiger partial charge < -0.3 is 20.1 Å². The Morgan fingerprint density at radius 3 is 2.53 bits per heavy atom. The number of nitrogens with one attached hydrogen (secondary N) is 4. The number of carbonyl (C=O) groups is 2. The van der Waals surface area contributed by atoms with Crippen LogP contribution in [0, 0.1) is 11.3 Å². The summed E-state index contributed by atoms with van der Waals surface area (Å²) in [6.45, 7) is 2.11. The van der Waals surface area contributed by atoms with Gasteiger partial charge in [-0.25, -0.2) is 4.39 Å². The van der Waals surface area contributed by atoms with Crippen molar-refractivity contribution in [1.82, 2.24) is 21.3 Å². The second kappa shape index (κ2) is 8.86. The normalized spacial score (nSPS) is 42.6. The van der Waals surface area contributed by atoms with Crippen LogP contribution in [0.4, 0.5) is 4.39 Å². The van der Waals surface area contributed by atoms with E-state index < -0.39 is 11.5 Å². The van der Waals surface area contributed by atoms with E-state index in [9.17, 15) is 14.0 Å². The molecular weight excluding hydrogens is 415 g/mol. The first-order valence-electron chi connectivity index (χ1n) is 10.8. The molecule has 0 spiro atoms. The summed E-state index contributed by atoms with van der Waals surface area (Å²) in [6, 6.07) is 0. The van der Waals surface area contributed by atoms with Crippen LogP contribution in [0.3, 0.4) is 0 Å². The highest BCUT2D eigenvalue weighted by Crippen LogP contribution is 2.67. The maximum absolute atomic E-state index is 13.7. The van der Waals surface area contributed by atoms with E-state index in [1.807, 2.05) is 0 Å². The van der Waals surface area contributed by atoms with Crippen LogP contribution in [0.2, 0.25) is 0 Å². The van der Waals surface area contributed by atoms with Crippen molar-refractivity contribution in [2.24, 2.45) is 11.3 Å². The van der Waals surface area contributed by atoms with Crippen LogP contribution in [0.5, 0.6) is 0 Å². The van der Waals surface area contributed by atoms with Crippen LogP contribution in [0.25, 0.3) is 0 Å². The van der Waals surface area contributed by atoms with E-state index >= 15 is 0 Å². The first kappa shape index (κ1) is 22.2. The molecule has 0 aromatic rings. The van der Waals surface area contributed by atoms with Gasteiger partial charge in [-0.3, -0.25) is 20.2 Å². The first-order valence-corrected chi connectivity index (χ1v) is 11.3. The zero-order valence-electron chi connectivity index (χ0n) is 17.3. The Bertz CT molecular complexity index is 641. The fourth-order valence-electron chi connectivity index (χ4n) is 5.31. The van der Waals surface area contributed by atoms with Crippen LogP contribution in [0.15, 0.2) is 0 Å². The van der Waals surface area contributed by atoms with Gasteiger partial charge in [0.1, 0.15) is 12.8 Å². The van der Waals surface area contributed by atoms with E-state index in [1.54, 1.807) is 7.11 Å². The summed E-state index contributed by atoms with van der Waals surface area (Å²) in [6.07, 6.45) is 2.05. The van der Waals surface area contributed by atoms with Gasteiger partial charge in [-0.05, 0) is 32.1 Å². The van der Waals surface area contributed by atoms with Gasteiger partial charge in [-0.15, -0.1) is 11.6 Å². The standard InChI is InChI=1S/C20H32ClFN4O4/c1-29-18-24-6-12(7-25-18)5-23-17(28)19-9-20(10-19,11-19)26-16(27)8-30-13-2-3-14(21)15(22)4-13/h12-15,18,24-25H,2-11H2,1H3,(H,23,28)(H,26,27). The van der Waals surface area contributed by atoms with E-state index in [0.29, 0.717) is 44.6 Å². The molecule has 2 amide bonds. The van der Waals surface area contributed by atoms with Gasteiger partial charge in [0.15, 0.2) is 6.35 Å². The summed E-state index contributed by atoms with van der Waals surface area (Å²) in [5.74, 6) is 0.200. The predicted molar refractivity (Wildman–Crippen MR) is 109 cm³/mol. The number of hydrogen-bond acceptors (Lipinski definition) is 6. The van der Waals surface area contributed by atoms with E-state index in [1.165, 1.54) is 0 Å². The Hall–Kier alpha value is -1.00. The van der Waals surface area contributed by atoms with Gasteiger partial charge >= 0.3 is 0 Å². The molecular formula is C20H32ClFN4O4. The van der Waals surface area contributed by atoms with Crippen molar-refractivity contribution in [2.75, 3.05) is 33.4 Å². The third-order valence-corrected chi connectivity index (χ3v) is 7.47. The molecule has 4 aliphatic carbocycles. The fraction of sp³-hybridized carbons (Fsp3) is 0.900. The molecule has 170 valence electrons. The van der Waals surface area contributed by atoms with Crippen molar-refractivity contribution in [3.05, 3.63) is 0 Å². The Morgan fingerprint density at radius 1 is 1.20 bits per heavy atom. The summed E-state index contributed by atoms with van der Waals surface area (Å²) < 4.78 is 24.4. The van der Waals surface area contributed by atoms with Gasteiger partial charge in [0, 0.05) is 44.6 Å². The van der Waals surface area contributed by atoms with Gasteiger partial charge in [0.05, 0.1) is 16.9 Å². The third-order valence-electron chi connectivity index (χ3n) is 6.98. The minimum atomic E-state index is -1.08. The molecule has 5 rings (SSSR count). The SMILES string of the molecule is COC1NCC(CNC(=O)C23CC(NC(=O)COC4CCC(Cl)C(F)C4)(C2)C3)CN1. The van der Waals surface area contributed by atoms with Crippen molar-refractivity contribution in [2.45, 2.75) is 68.1 Å². The van der Waals surface area contributed by atoms with Crippen LogP contribution in [-0.4, -0.2) is 74.7 Å². The smallest absolute Gasteiger partial charge is 0.246 e. The lowest BCUT2D eigenvalue weighted by Gasteiger charge is -2.69. The summed E-state index contributed by atoms with van der Waals surface area (Å²) >= 11 is 5.88. The predicted octanol–water partition coefficient (Wildman–Crippen LogP) is 0.395. The molecule has 5 aliphatic rings. The van der Waals surface area contributed by atoms with Crippen LogP contribution < -0.4 is 21.3 Å². The van der Waals surface area contributed by atoms with Gasteiger partial charge in [0.2, 0.25) is 11.8 Å². The van der Waals surface area contributed by atoms with Crippen LogP contribution in [-0.2, 0) is 19.1 Å². The van der Waals surface area contributed by atoms with Crippen molar-refractivity contribution >= 4 is 23.4 Å². The Labute approximate surface area is 181 Å². The highest BCUT2D eigenvalue weighted by molar-refractivity contribution is 6.21. The molecule has 10 heteroatoms. The number of rotatable bonds is 8. The Kier molecular flexibility index (Phi) is 6.56. The number of carbonyl (C=O) groups excluding carboxylic acids is 2. The average Bonchev–Trinajstić information content (AvgIpc) is 2.69. The number of methoxy groups -OCH3 is 1. The summed E-state index contributed by atoms with van der Waals surface area (Å²) in [5.41, 5.74) is -0.604. The number of alkyl halides is 2. The van der Waals surface area contributed by atoms with E-state index in [4.69, 9.17) is 21.1 Å². The summed E-state index contributed by atoms with van der Waals surface area (Å²) in [7, 11) is 1.64. The molecule has 1 saturated heterocycles. The fourth-order valence-corrected chi connectivity index (χ4v) is 5.54. The molecule has 1 heterocycles. The molecule has 2 bridgehead atoms. The average molecular weight is 447 g/mol. The summed E-state index contributed by atoms with van der Waals surface area (Å²) in [5, 5.41) is 12.1. The van der Waals surface area contributed by atoms with Crippen molar-refractivity contribution in [3.8, 4) is 0 Å². The molecule has 1 aliphatic heterocycles. The maximum atomic E-state index is 13.7. The second-order valence-corrected chi connectivity index (χ2v) is 9.99. The third kappa shape index (κ3) is 4.60. The largest absolute Gasteiger partial charge is 0.368 e. The van der Waals surface area contributed by atoms with Crippen molar-refractivity contribution < 1.29 is 23.5 Å². The molecule has 3 atom stereocenters. The summed E-state index contributed by atoms with van der Waals surface area (Å²) in [4.78, 5) is 24.8. The molecule has 4 saturated carbocycles. The number of amides is 2. The molecule has 4 N–H and O–H groups in total. The zero-order chi connectivity index (χ0) is 21.4. The lowest BCUT2D eigenvalue weighted by molar-refractivity contribution is -0.185. The number of halogens is 2. The monoisotopic (exact) mass is 446 g/mol. The quantitative estimate of drug-likeness (QED) is 0.403. The van der Waals surface area contributed by atoms with E-state index in [0.717, 1.165) is 13.1 Å². The van der Waals surface area contributed by atoms with Crippen LogP contribution >= 0.6 is 11.6 Å². The highest BCUT2D eigenvalue weighted by Gasteiger charge is 2.72. The van der Waals surface area contributed by atoms with Gasteiger partial charge in [-0.1, -0.05) is 0 Å². The molecule has 0 radical (unpaired) electrons. The second-order valence-electron chi connectivity index (χ2n) is 9.43. The molecule has 3 unspecified atom stereocenters. The minimum absolute atomic E-state index is 0.0740. The first-order chi connectivity index (χ1) is 14.3. The molecule has 30 heavy (non-hydrogen) atoms. The van der Waals surface area contributed by atoms with E-state index in [2.05, 4.69) is 21.3 Å². The van der Waals surface area contributed by atoms with Crippen molar-refractivity contribution in [3.63, 3.8) is 0 Å². The van der Waals surface area contributed by atoms with Gasteiger partial charge in [0.25, 0.3) is 0 Å². The van der Waals surface area contributed by atoms with Crippen LogP contribution in [0.1, 0.15) is 38.5 Å². The molecule has 0 aromatic heterocycles. The molecule has 0 aromatic carbocycles. The lowest BCUT2D eigenvalue weighted by atomic mass is 9.39. The highest BCUT2D eigenvalue weighted by atomic mass is 35.5. The topological polar surface area (TPSA) is 101 Å². The van der Waals surface area contributed by atoms with E-state index in [-0.39, 0.29) is 48.3 Å². The minimum Gasteiger partial charge on any atom is -0.368 e.